The number of benzene rings is 1. The quantitative estimate of drug-likeness (QED) is 0.762. The Hall–Kier alpha value is -1.29. The smallest absolute Gasteiger partial charge is 0.200 e. The molecule has 1 aromatic heterocycles. The van der Waals surface area contributed by atoms with Crippen molar-refractivity contribution in [2.75, 3.05) is 0 Å². The van der Waals surface area contributed by atoms with Crippen molar-refractivity contribution in [3.8, 4) is 11.4 Å². The highest BCUT2D eigenvalue weighted by Crippen LogP contribution is 2.13. The highest BCUT2D eigenvalue weighted by atomic mass is 79.9. The Bertz CT molecular complexity index is 403. The van der Waals surface area contributed by atoms with Gasteiger partial charge in [-0.3, -0.25) is 0 Å². The summed E-state index contributed by atoms with van der Waals surface area (Å²) < 4.78 is 0.557. The van der Waals surface area contributed by atoms with Gasteiger partial charge < -0.3 is 0 Å². The number of aromatic nitrogens is 3. The Morgan fingerprint density at radius 2 is 1.77 bits per heavy atom. The summed E-state index contributed by atoms with van der Waals surface area (Å²) in [6, 6.07) is 9.78. The second-order valence-electron chi connectivity index (χ2n) is 2.44. The maximum atomic E-state index is 4.14. The van der Waals surface area contributed by atoms with Gasteiger partial charge in [0.25, 0.3) is 0 Å². The van der Waals surface area contributed by atoms with Crippen molar-refractivity contribution in [3.05, 3.63) is 41.4 Å². The first-order chi connectivity index (χ1) is 6.36. The first-order valence-corrected chi connectivity index (χ1v) is 4.55. The molecule has 0 saturated carbocycles. The van der Waals surface area contributed by atoms with Crippen LogP contribution in [0.5, 0.6) is 0 Å². The van der Waals surface area contributed by atoms with Gasteiger partial charge >= 0.3 is 0 Å². The second-order valence-corrected chi connectivity index (χ2v) is 3.15. The van der Waals surface area contributed by atoms with E-state index in [0.717, 1.165) is 5.56 Å². The monoisotopic (exact) mass is 235 g/mol. The molecule has 4 heteroatoms. The van der Waals surface area contributed by atoms with Gasteiger partial charge in [-0.2, -0.15) is 0 Å². The van der Waals surface area contributed by atoms with Gasteiger partial charge in [0.05, 0.1) is 0 Å². The number of halogens is 1. The third-order valence-corrected chi connectivity index (χ3v) is 1.96. The molecule has 0 saturated heterocycles. The molecule has 0 spiro atoms. The molecule has 0 N–H and O–H groups in total. The number of nitrogens with zero attached hydrogens (tertiary/aromatic N) is 3. The minimum atomic E-state index is 0.557. The van der Waals surface area contributed by atoms with Gasteiger partial charge in [-0.25, -0.2) is 15.0 Å². The van der Waals surface area contributed by atoms with Crippen LogP contribution in [0.1, 0.15) is 0 Å². The largest absolute Gasteiger partial charge is 0.216 e. The summed E-state index contributed by atoms with van der Waals surface area (Å²) in [5.41, 5.74) is 0.991. The highest BCUT2D eigenvalue weighted by molar-refractivity contribution is 9.10. The molecule has 64 valence electrons. The Kier molecular flexibility index (Phi) is 2.31. The maximum absolute atomic E-state index is 4.14. The molecule has 3 nitrogen and oxygen atoms in total. The van der Waals surface area contributed by atoms with Crippen LogP contribution in [0.4, 0.5) is 0 Å². The van der Waals surface area contributed by atoms with Crippen molar-refractivity contribution in [2.24, 2.45) is 0 Å². The van der Waals surface area contributed by atoms with Gasteiger partial charge in [0, 0.05) is 5.56 Å². The third-order valence-electron chi connectivity index (χ3n) is 1.57. The first-order valence-electron chi connectivity index (χ1n) is 3.76. The molecule has 2 rings (SSSR count). The summed E-state index contributed by atoms with van der Waals surface area (Å²) in [5.74, 6) is 0.683. The van der Waals surface area contributed by atoms with Crippen LogP contribution in [0.2, 0.25) is 0 Å². The Balaban J connectivity index is 2.48. The fourth-order valence-corrected chi connectivity index (χ4v) is 1.26. The van der Waals surface area contributed by atoms with Gasteiger partial charge in [0.15, 0.2) is 10.6 Å². The SMILES string of the molecule is Brc1ncnc(-c2ccccc2)n1. The van der Waals surface area contributed by atoms with Gasteiger partial charge in [-0.05, 0) is 15.9 Å². The predicted octanol–water partition coefficient (Wildman–Crippen LogP) is 2.30. The molecule has 2 aromatic rings. The van der Waals surface area contributed by atoms with Gasteiger partial charge in [-0.1, -0.05) is 30.3 Å². The average molecular weight is 236 g/mol. The van der Waals surface area contributed by atoms with Gasteiger partial charge in [0.1, 0.15) is 6.33 Å². The van der Waals surface area contributed by atoms with Crippen LogP contribution in [0.3, 0.4) is 0 Å². The lowest BCUT2D eigenvalue weighted by Gasteiger charge is -1.97. The molecule has 0 radical (unpaired) electrons. The van der Waals surface area contributed by atoms with E-state index in [1.54, 1.807) is 0 Å². The standard InChI is InChI=1S/C9H6BrN3/c10-9-12-6-11-8(13-9)7-4-2-1-3-5-7/h1-6H. The molecule has 0 fully saturated rings. The highest BCUT2D eigenvalue weighted by Gasteiger charge is 1.99. The molecule has 0 unspecified atom stereocenters. The van der Waals surface area contributed by atoms with Crippen molar-refractivity contribution < 1.29 is 0 Å². The molecular formula is C9H6BrN3. The molecule has 0 amide bonds. The van der Waals surface area contributed by atoms with Crippen LogP contribution < -0.4 is 0 Å². The van der Waals surface area contributed by atoms with E-state index in [2.05, 4.69) is 30.9 Å². The number of hydrogen-bond donors (Lipinski definition) is 0. The molecule has 1 heterocycles. The van der Waals surface area contributed by atoms with E-state index in [1.807, 2.05) is 30.3 Å². The Morgan fingerprint density at radius 3 is 2.46 bits per heavy atom. The van der Waals surface area contributed by atoms with Crippen molar-refractivity contribution in [1.82, 2.24) is 15.0 Å². The summed E-state index contributed by atoms with van der Waals surface area (Å²) in [7, 11) is 0. The molecule has 0 aliphatic rings. The van der Waals surface area contributed by atoms with Crippen molar-refractivity contribution >= 4 is 15.9 Å². The zero-order valence-corrected chi connectivity index (χ0v) is 8.27. The van der Waals surface area contributed by atoms with Crippen LogP contribution >= 0.6 is 15.9 Å². The average Bonchev–Trinajstić information content (AvgIpc) is 2.19. The minimum Gasteiger partial charge on any atom is -0.216 e. The Morgan fingerprint density at radius 1 is 1.00 bits per heavy atom. The molecule has 0 bridgehead atoms. The van der Waals surface area contributed by atoms with E-state index in [0.29, 0.717) is 10.6 Å². The molecule has 0 atom stereocenters. The number of rotatable bonds is 1. The van der Waals surface area contributed by atoms with E-state index in [1.165, 1.54) is 6.33 Å². The van der Waals surface area contributed by atoms with Crippen LogP contribution in [0, 0.1) is 0 Å². The molecule has 0 aliphatic heterocycles. The normalized spacial score (nSPS) is 9.92. The van der Waals surface area contributed by atoms with Gasteiger partial charge in [0.2, 0.25) is 0 Å². The lowest BCUT2D eigenvalue weighted by Crippen LogP contribution is -1.90. The molecular weight excluding hydrogens is 230 g/mol. The summed E-state index contributed by atoms with van der Waals surface area (Å²) in [5, 5.41) is 0. The van der Waals surface area contributed by atoms with E-state index in [9.17, 15) is 0 Å². The van der Waals surface area contributed by atoms with Gasteiger partial charge in [-0.15, -0.1) is 0 Å². The Labute approximate surface area is 84.0 Å². The lowest BCUT2D eigenvalue weighted by atomic mass is 10.2. The van der Waals surface area contributed by atoms with E-state index >= 15 is 0 Å². The molecule has 13 heavy (non-hydrogen) atoms. The van der Waals surface area contributed by atoms with Crippen LogP contribution in [-0.2, 0) is 0 Å². The maximum Gasteiger partial charge on any atom is 0.200 e. The minimum absolute atomic E-state index is 0.557. The second kappa shape index (κ2) is 3.62. The van der Waals surface area contributed by atoms with Crippen molar-refractivity contribution in [2.45, 2.75) is 0 Å². The molecule has 1 aromatic carbocycles. The summed E-state index contributed by atoms with van der Waals surface area (Å²) >= 11 is 3.20. The fourth-order valence-electron chi connectivity index (χ4n) is 1.00. The van der Waals surface area contributed by atoms with E-state index in [4.69, 9.17) is 0 Å². The van der Waals surface area contributed by atoms with E-state index in [-0.39, 0.29) is 0 Å². The van der Waals surface area contributed by atoms with Crippen LogP contribution in [-0.4, -0.2) is 15.0 Å². The zero-order chi connectivity index (χ0) is 9.10. The lowest BCUT2D eigenvalue weighted by molar-refractivity contribution is 1.02. The summed E-state index contributed by atoms with van der Waals surface area (Å²) in [6.07, 6.45) is 1.49. The van der Waals surface area contributed by atoms with Crippen LogP contribution in [0.25, 0.3) is 11.4 Å². The summed E-state index contributed by atoms with van der Waals surface area (Å²) in [4.78, 5) is 12.1. The van der Waals surface area contributed by atoms with E-state index < -0.39 is 0 Å². The predicted molar refractivity (Wildman–Crippen MR) is 53.0 cm³/mol. The molecule has 0 aliphatic carbocycles. The topological polar surface area (TPSA) is 38.7 Å². The summed E-state index contributed by atoms with van der Waals surface area (Å²) in [6.45, 7) is 0. The number of hydrogen-bond acceptors (Lipinski definition) is 3. The first kappa shape index (κ1) is 8.31. The zero-order valence-electron chi connectivity index (χ0n) is 6.68. The fraction of sp³-hybridized carbons (Fsp3) is 0. The third kappa shape index (κ3) is 1.89. The van der Waals surface area contributed by atoms with Crippen molar-refractivity contribution in [1.29, 1.82) is 0 Å². The van der Waals surface area contributed by atoms with Crippen LogP contribution in [0.15, 0.2) is 41.4 Å². The van der Waals surface area contributed by atoms with Crippen molar-refractivity contribution in [3.63, 3.8) is 0 Å².